The highest BCUT2D eigenvalue weighted by atomic mass is 32.2. The van der Waals surface area contributed by atoms with Crippen molar-refractivity contribution in [2.24, 2.45) is 0 Å². The van der Waals surface area contributed by atoms with E-state index in [0.717, 1.165) is 0 Å². The predicted molar refractivity (Wildman–Crippen MR) is 80.0 cm³/mol. The molecule has 0 radical (unpaired) electrons. The van der Waals surface area contributed by atoms with Crippen molar-refractivity contribution in [2.45, 2.75) is 38.1 Å². The van der Waals surface area contributed by atoms with Crippen molar-refractivity contribution in [3.8, 4) is 5.88 Å². The van der Waals surface area contributed by atoms with Gasteiger partial charge in [-0.05, 0) is 19.1 Å². The van der Waals surface area contributed by atoms with E-state index < -0.39 is 10.0 Å². The van der Waals surface area contributed by atoms with E-state index in [1.165, 1.54) is 12.3 Å². The predicted octanol–water partition coefficient (Wildman–Crippen LogP) is 2.07. The van der Waals surface area contributed by atoms with Crippen molar-refractivity contribution in [3.63, 3.8) is 0 Å². The third-order valence-corrected chi connectivity index (χ3v) is 4.31. The molecular formula is C14H19N3O4S. The van der Waals surface area contributed by atoms with Gasteiger partial charge in [0.15, 0.2) is 0 Å². The number of pyridine rings is 1. The lowest BCUT2D eigenvalue weighted by atomic mass is 10.1. The minimum atomic E-state index is -3.74. The molecule has 0 aliphatic carbocycles. The molecule has 0 saturated heterocycles. The van der Waals surface area contributed by atoms with Gasteiger partial charge in [-0.1, -0.05) is 19.0 Å². The molecule has 2 heterocycles. The van der Waals surface area contributed by atoms with Crippen LogP contribution in [0.15, 0.2) is 33.8 Å². The molecule has 7 nitrogen and oxygen atoms in total. The first kappa shape index (κ1) is 16.4. The zero-order valence-electron chi connectivity index (χ0n) is 12.7. The van der Waals surface area contributed by atoms with Gasteiger partial charge in [0.1, 0.15) is 10.7 Å². The number of hydrogen-bond acceptors (Lipinski definition) is 6. The summed E-state index contributed by atoms with van der Waals surface area (Å²) < 4.78 is 37.6. The number of sulfonamides is 1. The van der Waals surface area contributed by atoms with Crippen molar-refractivity contribution < 1.29 is 17.7 Å². The largest absolute Gasteiger partial charge is 0.477 e. The molecule has 0 aliphatic heterocycles. The summed E-state index contributed by atoms with van der Waals surface area (Å²) in [6.07, 6.45) is 1.48. The van der Waals surface area contributed by atoms with Crippen molar-refractivity contribution in [1.82, 2.24) is 14.9 Å². The van der Waals surface area contributed by atoms with Crippen molar-refractivity contribution in [1.29, 1.82) is 0 Å². The maximum atomic E-state index is 12.4. The Morgan fingerprint density at radius 3 is 2.82 bits per heavy atom. The van der Waals surface area contributed by atoms with Crippen LogP contribution in [0.3, 0.4) is 0 Å². The minimum absolute atomic E-state index is 0.00410. The van der Waals surface area contributed by atoms with E-state index in [1.54, 1.807) is 19.1 Å². The molecule has 22 heavy (non-hydrogen) atoms. The fourth-order valence-electron chi connectivity index (χ4n) is 1.76. The Kier molecular flexibility index (Phi) is 5.15. The maximum Gasteiger partial charge on any atom is 0.246 e. The third-order valence-electron chi connectivity index (χ3n) is 2.90. The van der Waals surface area contributed by atoms with Gasteiger partial charge in [-0.15, -0.1) is 0 Å². The van der Waals surface area contributed by atoms with Crippen LogP contribution in [0.4, 0.5) is 0 Å². The quantitative estimate of drug-likeness (QED) is 0.837. The highest BCUT2D eigenvalue weighted by molar-refractivity contribution is 7.89. The van der Waals surface area contributed by atoms with E-state index in [2.05, 4.69) is 14.9 Å². The zero-order valence-corrected chi connectivity index (χ0v) is 13.6. The molecule has 0 fully saturated rings. The molecule has 2 rings (SSSR count). The lowest BCUT2D eigenvalue weighted by Gasteiger charge is -2.09. The van der Waals surface area contributed by atoms with Crippen LogP contribution in [0.1, 0.15) is 38.1 Å². The molecule has 0 amide bonds. The smallest absolute Gasteiger partial charge is 0.246 e. The fraction of sp³-hybridized carbons (Fsp3) is 0.429. The Labute approximate surface area is 129 Å². The second-order valence-electron chi connectivity index (χ2n) is 4.94. The van der Waals surface area contributed by atoms with Crippen LogP contribution in [-0.2, 0) is 16.6 Å². The minimum Gasteiger partial charge on any atom is -0.477 e. The van der Waals surface area contributed by atoms with Crippen molar-refractivity contribution in [3.05, 3.63) is 35.9 Å². The van der Waals surface area contributed by atoms with Gasteiger partial charge < -0.3 is 9.26 Å². The van der Waals surface area contributed by atoms with E-state index in [1.807, 2.05) is 13.8 Å². The topological polar surface area (TPSA) is 94.3 Å². The highest BCUT2D eigenvalue weighted by Crippen LogP contribution is 2.21. The van der Waals surface area contributed by atoms with Crippen LogP contribution in [0.5, 0.6) is 5.88 Å². The SMILES string of the molecule is CCOc1ncccc1S(=O)(=O)NCc1cc(C(C)C)on1. The monoisotopic (exact) mass is 325 g/mol. The van der Waals surface area contributed by atoms with Gasteiger partial charge in [-0.3, -0.25) is 0 Å². The number of aromatic nitrogens is 2. The van der Waals surface area contributed by atoms with E-state index >= 15 is 0 Å². The summed E-state index contributed by atoms with van der Waals surface area (Å²) >= 11 is 0. The molecule has 0 unspecified atom stereocenters. The molecule has 1 N–H and O–H groups in total. The molecule has 0 aliphatic rings. The first-order chi connectivity index (χ1) is 10.4. The molecule has 2 aromatic heterocycles. The summed E-state index contributed by atoms with van der Waals surface area (Å²) in [6.45, 7) is 6.08. The third kappa shape index (κ3) is 3.83. The molecule has 8 heteroatoms. The van der Waals surface area contributed by atoms with E-state index in [9.17, 15) is 8.42 Å². The van der Waals surface area contributed by atoms with Gasteiger partial charge in [-0.25, -0.2) is 18.1 Å². The van der Waals surface area contributed by atoms with Crippen LogP contribution in [-0.4, -0.2) is 25.2 Å². The molecule has 120 valence electrons. The number of rotatable bonds is 7. The Morgan fingerprint density at radius 1 is 1.41 bits per heavy atom. The molecule has 0 saturated carbocycles. The van der Waals surface area contributed by atoms with Gasteiger partial charge in [0.25, 0.3) is 0 Å². The average molecular weight is 325 g/mol. The van der Waals surface area contributed by atoms with Crippen LogP contribution >= 0.6 is 0 Å². The average Bonchev–Trinajstić information content (AvgIpc) is 2.95. The van der Waals surface area contributed by atoms with Crippen molar-refractivity contribution >= 4 is 10.0 Å². The number of ether oxygens (including phenoxy) is 1. The molecule has 0 spiro atoms. The van der Waals surface area contributed by atoms with Gasteiger partial charge in [0.2, 0.25) is 15.9 Å². The first-order valence-corrected chi connectivity index (χ1v) is 8.45. The molecular weight excluding hydrogens is 306 g/mol. The zero-order chi connectivity index (χ0) is 16.2. The Morgan fingerprint density at radius 2 is 2.18 bits per heavy atom. The number of hydrogen-bond donors (Lipinski definition) is 1. The highest BCUT2D eigenvalue weighted by Gasteiger charge is 2.21. The van der Waals surface area contributed by atoms with Crippen LogP contribution in [0.25, 0.3) is 0 Å². The number of nitrogens with zero attached hydrogens (tertiary/aromatic N) is 2. The van der Waals surface area contributed by atoms with Crippen LogP contribution < -0.4 is 9.46 Å². The standard InChI is InChI=1S/C14H19N3O4S/c1-4-20-14-13(6-5-7-15-14)22(18,19)16-9-11-8-12(10(2)3)21-17-11/h5-8,10,16H,4,9H2,1-3H3. The van der Waals surface area contributed by atoms with E-state index in [0.29, 0.717) is 18.1 Å². The maximum absolute atomic E-state index is 12.4. The van der Waals surface area contributed by atoms with Gasteiger partial charge in [-0.2, -0.15) is 0 Å². The molecule has 0 aromatic carbocycles. The Balaban J connectivity index is 2.14. The summed E-state index contributed by atoms with van der Waals surface area (Å²) in [5.41, 5.74) is 0.522. The Hall–Kier alpha value is -1.93. The fourth-order valence-corrected chi connectivity index (χ4v) is 2.85. The second-order valence-corrected chi connectivity index (χ2v) is 6.67. The van der Waals surface area contributed by atoms with Crippen LogP contribution in [0, 0.1) is 0 Å². The van der Waals surface area contributed by atoms with Gasteiger partial charge in [0, 0.05) is 18.2 Å². The summed E-state index contributed by atoms with van der Waals surface area (Å²) in [7, 11) is -3.74. The Bertz CT molecular complexity index is 725. The van der Waals surface area contributed by atoms with Gasteiger partial charge in [0.05, 0.1) is 18.8 Å². The van der Waals surface area contributed by atoms with E-state index in [4.69, 9.17) is 9.26 Å². The second kappa shape index (κ2) is 6.89. The summed E-state index contributed by atoms with van der Waals surface area (Å²) in [6, 6.07) is 4.73. The first-order valence-electron chi connectivity index (χ1n) is 6.97. The lowest BCUT2D eigenvalue weighted by molar-refractivity contribution is 0.317. The molecule has 0 bridgehead atoms. The van der Waals surface area contributed by atoms with Crippen LogP contribution in [0.2, 0.25) is 0 Å². The van der Waals surface area contributed by atoms with Gasteiger partial charge >= 0.3 is 0 Å². The number of nitrogens with one attached hydrogen (secondary N) is 1. The molecule has 2 aromatic rings. The molecule has 0 atom stereocenters. The summed E-state index contributed by atoms with van der Waals surface area (Å²) in [5.74, 6) is 0.992. The lowest BCUT2D eigenvalue weighted by Crippen LogP contribution is -2.24. The summed E-state index contributed by atoms with van der Waals surface area (Å²) in [4.78, 5) is 3.95. The van der Waals surface area contributed by atoms with E-state index in [-0.39, 0.29) is 23.2 Å². The summed E-state index contributed by atoms with van der Waals surface area (Å²) in [5, 5.41) is 3.84. The van der Waals surface area contributed by atoms with Crippen molar-refractivity contribution in [2.75, 3.05) is 6.61 Å². The normalized spacial score (nSPS) is 11.8.